The predicted molar refractivity (Wildman–Crippen MR) is 49.7 cm³/mol. The summed E-state index contributed by atoms with van der Waals surface area (Å²) in [5, 5.41) is 8.56. The van der Waals surface area contributed by atoms with E-state index < -0.39 is 0 Å². The average molecular weight is 182 g/mol. The molecule has 0 aliphatic heterocycles. The number of unbranched alkanes of at least 4 members (excludes halogenated alkanes) is 1. The van der Waals surface area contributed by atoms with Gasteiger partial charge in [-0.15, -0.1) is 0 Å². The molecule has 0 radical (unpaired) electrons. The van der Waals surface area contributed by atoms with Crippen LogP contribution in [0.25, 0.3) is 0 Å². The normalized spacial score (nSPS) is 10.3. The topological polar surface area (TPSA) is 50.4 Å². The molecule has 3 nitrogen and oxygen atoms in total. The lowest BCUT2D eigenvalue weighted by molar-refractivity contribution is 0.282. The Hall–Kier alpha value is -1.09. The van der Waals surface area contributed by atoms with Crippen molar-refractivity contribution in [1.82, 2.24) is 0 Å². The Bertz CT molecular complexity index is 314. The molecule has 0 aliphatic carbocycles. The molecule has 0 aromatic carbocycles. The summed E-state index contributed by atoms with van der Waals surface area (Å²) < 4.78 is 4.97. The number of aliphatic hydroxyl groups excluding tert-OH is 1. The highest BCUT2D eigenvalue weighted by Crippen LogP contribution is 2.04. The first-order chi connectivity index (χ1) is 6.22. The molecular formula is C10H14O3. The highest BCUT2D eigenvalue weighted by Gasteiger charge is 1.98. The molecule has 1 rings (SSSR count). The highest BCUT2D eigenvalue weighted by molar-refractivity contribution is 5.11. The third kappa shape index (κ3) is 3.42. The second-order valence-electron chi connectivity index (χ2n) is 3.10. The van der Waals surface area contributed by atoms with Crippen molar-refractivity contribution >= 4 is 0 Å². The lowest BCUT2D eigenvalue weighted by atomic mass is 10.2. The Kier molecular flexibility index (Phi) is 3.71. The molecule has 1 aromatic heterocycles. The summed E-state index contributed by atoms with van der Waals surface area (Å²) in [7, 11) is 0. The van der Waals surface area contributed by atoms with Crippen molar-refractivity contribution in [2.75, 3.05) is 6.61 Å². The number of hydrogen-bond donors (Lipinski definition) is 1. The van der Waals surface area contributed by atoms with E-state index in [0.717, 1.165) is 24.8 Å². The zero-order chi connectivity index (χ0) is 9.68. The summed E-state index contributed by atoms with van der Waals surface area (Å²) in [5.41, 5.74) is 0.634. The van der Waals surface area contributed by atoms with Crippen molar-refractivity contribution in [3.63, 3.8) is 0 Å². The second-order valence-corrected chi connectivity index (χ2v) is 3.10. The lowest BCUT2D eigenvalue weighted by Gasteiger charge is -1.99. The quantitative estimate of drug-likeness (QED) is 0.713. The van der Waals surface area contributed by atoms with Gasteiger partial charge >= 0.3 is 5.63 Å². The summed E-state index contributed by atoms with van der Waals surface area (Å²) in [6.45, 7) is 2.06. The van der Waals surface area contributed by atoms with Crippen molar-refractivity contribution in [3.05, 3.63) is 33.9 Å². The van der Waals surface area contributed by atoms with Crippen molar-refractivity contribution in [2.24, 2.45) is 0 Å². The van der Waals surface area contributed by atoms with Gasteiger partial charge in [-0.25, -0.2) is 4.79 Å². The van der Waals surface area contributed by atoms with Gasteiger partial charge in [0.2, 0.25) is 0 Å². The van der Waals surface area contributed by atoms with Crippen molar-refractivity contribution in [2.45, 2.75) is 26.2 Å². The first-order valence-corrected chi connectivity index (χ1v) is 4.44. The van der Waals surface area contributed by atoms with E-state index in [9.17, 15) is 4.79 Å². The van der Waals surface area contributed by atoms with Gasteiger partial charge in [-0.2, -0.15) is 0 Å². The van der Waals surface area contributed by atoms with Gasteiger partial charge in [-0.1, -0.05) is 0 Å². The van der Waals surface area contributed by atoms with Crippen LogP contribution in [-0.4, -0.2) is 11.7 Å². The van der Waals surface area contributed by atoms with Crippen LogP contribution < -0.4 is 5.63 Å². The van der Waals surface area contributed by atoms with Crippen LogP contribution >= 0.6 is 0 Å². The summed E-state index contributed by atoms with van der Waals surface area (Å²) in [5.74, 6) is 0.707. The minimum absolute atomic E-state index is 0.191. The van der Waals surface area contributed by atoms with Crippen LogP contribution in [0.1, 0.15) is 24.2 Å². The van der Waals surface area contributed by atoms with E-state index in [1.165, 1.54) is 6.07 Å². The van der Waals surface area contributed by atoms with Crippen LogP contribution in [0.4, 0.5) is 0 Å². The first kappa shape index (κ1) is 9.99. The van der Waals surface area contributed by atoms with Crippen LogP contribution in [0.15, 0.2) is 21.3 Å². The first-order valence-electron chi connectivity index (χ1n) is 4.44. The van der Waals surface area contributed by atoms with Gasteiger partial charge in [0.1, 0.15) is 5.76 Å². The maximum Gasteiger partial charge on any atom is 0.336 e. The molecule has 1 heterocycles. The van der Waals surface area contributed by atoms with E-state index in [1.54, 1.807) is 0 Å². The van der Waals surface area contributed by atoms with Crippen molar-refractivity contribution < 1.29 is 9.52 Å². The van der Waals surface area contributed by atoms with E-state index in [-0.39, 0.29) is 12.2 Å². The van der Waals surface area contributed by atoms with Crippen LogP contribution in [0.3, 0.4) is 0 Å². The summed E-state index contributed by atoms with van der Waals surface area (Å²) in [6.07, 6.45) is 2.32. The molecule has 0 saturated heterocycles. The van der Waals surface area contributed by atoms with E-state index in [2.05, 4.69) is 0 Å². The monoisotopic (exact) mass is 182 g/mol. The van der Waals surface area contributed by atoms with Crippen molar-refractivity contribution in [3.8, 4) is 0 Å². The fourth-order valence-electron chi connectivity index (χ4n) is 1.20. The molecule has 72 valence electrons. The maximum atomic E-state index is 10.9. The second kappa shape index (κ2) is 4.82. The van der Waals surface area contributed by atoms with Gasteiger partial charge in [-0.05, 0) is 31.4 Å². The number of aliphatic hydroxyl groups is 1. The van der Waals surface area contributed by atoms with Gasteiger partial charge in [0.25, 0.3) is 0 Å². The molecule has 1 N–H and O–H groups in total. The van der Waals surface area contributed by atoms with E-state index in [1.807, 2.05) is 13.0 Å². The largest absolute Gasteiger partial charge is 0.428 e. The van der Waals surface area contributed by atoms with Gasteiger partial charge in [0, 0.05) is 19.1 Å². The lowest BCUT2D eigenvalue weighted by Crippen LogP contribution is -2.01. The Morgan fingerprint density at radius 3 is 2.77 bits per heavy atom. The SMILES string of the molecule is Cc1cc(CCCCO)oc(=O)c1. The number of hydrogen-bond acceptors (Lipinski definition) is 3. The smallest absolute Gasteiger partial charge is 0.336 e. The number of aryl methyl sites for hydroxylation is 2. The Labute approximate surface area is 77.0 Å². The standard InChI is InChI=1S/C10H14O3/c1-8-6-9(4-2-3-5-11)13-10(12)7-8/h6-7,11H,2-5H2,1H3. The Morgan fingerprint density at radius 1 is 1.38 bits per heavy atom. The van der Waals surface area contributed by atoms with Gasteiger partial charge in [-0.3, -0.25) is 0 Å². The molecule has 1 aromatic rings. The third-order valence-corrected chi connectivity index (χ3v) is 1.80. The summed E-state index contributed by atoms with van der Waals surface area (Å²) >= 11 is 0. The van der Waals surface area contributed by atoms with Gasteiger partial charge in [0.15, 0.2) is 0 Å². The molecule has 0 saturated carbocycles. The van der Waals surface area contributed by atoms with Crippen LogP contribution in [-0.2, 0) is 6.42 Å². The fraction of sp³-hybridized carbons (Fsp3) is 0.500. The van der Waals surface area contributed by atoms with E-state index in [0.29, 0.717) is 5.76 Å². The molecule has 0 bridgehead atoms. The van der Waals surface area contributed by atoms with Crippen LogP contribution in [0.2, 0.25) is 0 Å². The molecule has 13 heavy (non-hydrogen) atoms. The molecule has 0 atom stereocenters. The number of rotatable bonds is 4. The van der Waals surface area contributed by atoms with E-state index in [4.69, 9.17) is 9.52 Å². The zero-order valence-corrected chi connectivity index (χ0v) is 7.75. The Morgan fingerprint density at radius 2 is 2.15 bits per heavy atom. The van der Waals surface area contributed by atoms with Gasteiger partial charge < -0.3 is 9.52 Å². The minimum Gasteiger partial charge on any atom is -0.428 e. The third-order valence-electron chi connectivity index (χ3n) is 1.80. The molecule has 0 amide bonds. The molecule has 0 unspecified atom stereocenters. The predicted octanol–water partition coefficient (Wildman–Crippen LogP) is 1.26. The molecule has 0 aliphatic rings. The van der Waals surface area contributed by atoms with Crippen LogP contribution in [0, 0.1) is 6.92 Å². The zero-order valence-electron chi connectivity index (χ0n) is 7.75. The van der Waals surface area contributed by atoms with Crippen molar-refractivity contribution in [1.29, 1.82) is 0 Å². The summed E-state index contributed by atoms with van der Waals surface area (Å²) in [4.78, 5) is 10.9. The maximum absolute atomic E-state index is 10.9. The average Bonchev–Trinajstić information content (AvgIpc) is 2.03. The van der Waals surface area contributed by atoms with Gasteiger partial charge in [0.05, 0.1) is 0 Å². The minimum atomic E-state index is -0.293. The molecule has 0 fully saturated rings. The molecule has 3 heteroatoms. The summed E-state index contributed by atoms with van der Waals surface area (Å²) in [6, 6.07) is 3.33. The molecular weight excluding hydrogens is 168 g/mol. The Balaban J connectivity index is 2.61. The fourth-order valence-corrected chi connectivity index (χ4v) is 1.20. The molecule has 0 spiro atoms. The van der Waals surface area contributed by atoms with Crippen LogP contribution in [0.5, 0.6) is 0 Å². The van der Waals surface area contributed by atoms with E-state index >= 15 is 0 Å². The highest BCUT2D eigenvalue weighted by atomic mass is 16.4.